The first kappa shape index (κ1) is 14.4. The number of carbonyl (C=O) groups is 1. The molecule has 0 amide bonds. The molecule has 1 aliphatic rings. The summed E-state index contributed by atoms with van der Waals surface area (Å²) >= 11 is 0. The quantitative estimate of drug-likeness (QED) is 0.748. The molecule has 0 aliphatic heterocycles. The SMILES string of the molecule is CC(CN(C)S(=O)(=O)CCC1(C)CC1)C(=O)O. The maximum Gasteiger partial charge on any atom is 0.307 e. The number of rotatable bonds is 7. The lowest BCUT2D eigenvalue weighted by Gasteiger charge is -2.20. The van der Waals surface area contributed by atoms with Gasteiger partial charge in [-0.1, -0.05) is 13.8 Å². The minimum atomic E-state index is -3.31. The Morgan fingerprint density at radius 1 is 1.47 bits per heavy atom. The molecule has 1 atom stereocenters. The molecule has 0 radical (unpaired) electrons. The van der Waals surface area contributed by atoms with Crippen LogP contribution in [0.25, 0.3) is 0 Å². The Bertz CT molecular complexity index is 386. The first-order valence-corrected chi connectivity index (χ1v) is 7.44. The van der Waals surface area contributed by atoms with Gasteiger partial charge in [-0.05, 0) is 24.7 Å². The first-order valence-electron chi connectivity index (χ1n) is 5.83. The number of sulfonamides is 1. The molecule has 0 heterocycles. The second-order valence-corrected chi connectivity index (χ2v) is 7.59. The fourth-order valence-electron chi connectivity index (χ4n) is 1.57. The van der Waals surface area contributed by atoms with Crippen LogP contribution in [-0.4, -0.2) is 43.1 Å². The smallest absolute Gasteiger partial charge is 0.307 e. The van der Waals surface area contributed by atoms with Crippen molar-refractivity contribution >= 4 is 16.0 Å². The predicted molar refractivity (Wildman–Crippen MR) is 65.2 cm³/mol. The summed E-state index contributed by atoms with van der Waals surface area (Å²) in [4.78, 5) is 10.7. The van der Waals surface area contributed by atoms with Crippen LogP contribution in [0.4, 0.5) is 0 Å². The Balaban J connectivity index is 2.48. The van der Waals surface area contributed by atoms with Crippen LogP contribution in [0.5, 0.6) is 0 Å². The first-order chi connectivity index (χ1) is 7.66. The Labute approximate surface area is 103 Å². The standard InChI is InChI=1S/C11H21NO4S/c1-9(10(13)14)8-12(3)17(15,16)7-6-11(2)4-5-11/h9H,4-8H2,1-3H3,(H,13,14). The van der Waals surface area contributed by atoms with Crippen LogP contribution in [0.2, 0.25) is 0 Å². The molecular formula is C11H21NO4S. The van der Waals surface area contributed by atoms with Gasteiger partial charge in [0.2, 0.25) is 10.0 Å². The van der Waals surface area contributed by atoms with Gasteiger partial charge in [0.25, 0.3) is 0 Å². The predicted octanol–water partition coefficient (Wildman–Crippen LogP) is 1.16. The van der Waals surface area contributed by atoms with Gasteiger partial charge in [0.1, 0.15) is 0 Å². The molecule has 0 saturated heterocycles. The van der Waals surface area contributed by atoms with Crippen molar-refractivity contribution in [1.29, 1.82) is 0 Å². The van der Waals surface area contributed by atoms with E-state index in [4.69, 9.17) is 5.11 Å². The number of carboxylic acid groups (broad SMARTS) is 1. The van der Waals surface area contributed by atoms with Crippen LogP contribution in [-0.2, 0) is 14.8 Å². The normalized spacial score (nSPS) is 20.2. The molecule has 1 rings (SSSR count). The minimum absolute atomic E-state index is 0.0361. The summed E-state index contributed by atoms with van der Waals surface area (Å²) in [7, 11) is -1.86. The fraction of sp³-hybridized carbons (Fsp3) is 0.909. The van der Waals surface area contributed by atoms with Crippen molar-refractivity contribution in [3.63, 3.8) is 0 Å². The van der Waals surface area contributed by atoms with E-state index < -0.39 is 21.9 Å². The van der Waals surface area contributed by atoms with Crippen molar-refractivity contribution in [2.24, 2.45) is 11.3 Å². The van der Waals surface area contributed by atoms with Crippen molar-refractivity contribution in [2.45, 2.75) is 33.1 Å². The summed E-state index contributed by atoms with van der Waals surface area (Å²) in [6.07, 6.45) is 2.86. The van der Waals surface area contributed by atoms with Crippen LogP contribution in [0, 0.1) is 11.3 Å². The Morgan fingerprint density at radius 2 is 2.00 bits per heavy atom. The number of carboxylic acids is 1. The van der Waals surface area contributed by atoms with Gasteiger partial charge >= 0.3 is 5.97 Å². The highest BCUT2D eigenvalue weighted by molar-refractivity contribution is 7.89. The third-order valence-corrected chi connectivity index (χ3v) is 5.31. The highest BCUT2D eigenvalue weighted by atomic mass is 32.2. The molecule has 0 spiro atoms. The number of hydrogen-bond donors (Lipinski definition) is 1. The summed E-state index contributed by atoms with van der Waals surface area (Å²) < 4.78 is 25.0. The number of aliphatic carboxylic acids is 1. The molecule has 5 nitrogen and oxygen atoms in total. The summed E-state index contributed by atoms with van der Waals surface area (Å²) in [5, 5.41) is 8.74. The third kappa shape index (κ3) is 4.27. The molecule has 0 aromatic carbocycles. The summed E-state index contributed by atoms with van der Waals surface area (Å²) in [5.74, 6) is -1.53. The molecule has 1 unspecified atom stereocenters. The van der Waals surface area contributed by atoms with Crippen molar-refractivity contribution in [3.8, 4) is 0 Å². The van der Waals surface area contributed by atoms with Gasteiger partial charge in [-0.2, -0.15) is 0 Å². The molecule has 1 aliphatic carbocycles. The van der Waals surface area contributed by atoms with E-state index >= 15 is 0 Å². The lowest BCUT2D eigenvalue weighted by molar-refractivity contribution is -0.141. The fourth-order valence-corrected chi connectivity index (χ4v) is 3.09. The molecule has 0 aromatic rings. The van der Waals surface area contributed by atoms with Gasteiger partial charge in [0, 0.05) is 13.6 Å². The Morgan fingerprint density at radius 3 is 2.41 bits per heavy atom. The van der Waals surface area contributed by atoms with Gasteiger partial charge in [0.05, 0.1) is 11.7 Å². The van der Waals surface area contributed by atoms with Gasteiger partial charge < -0.3 is 5.11 Å². The molecule has 1 saturated carbocycles. The number of hydrogen-bond acceptors (Lipinski definition) is 3. The maximum atomic E-state index is 11.9. The minimum Gasteiger partial charge on any atom is -0.481 e. The van der Waals surface area contributed by atoms with Gasteiger partial charge in [-0.25, -0.2) is 12.7 Å². The average molecular weight is 263 g/mol. The highest BCUT2D eigenvalue weighted by Gasteiger charge is 2.38. The zero-order chi connectivity index (χ0) is 13.3. The zero-order valence-electron chi connectivity index (χ0n) is 10.6. The van der Waals surface area contributed by atoms with Gasteiger partial charge in [0.15, 0.2) is 0 Å². The van der Waals surface area contributed by atoms with Crippen molar-refractivity contribution in [3.05, 3.63) is 0 Å². The van der Waals surface area contributed by atoms with Crippen LogP contribution in [0.3, 0.4) is 0 Å². The van der Waals surface area contributed by atoms with Gasteiger partial charge in [-0.15, -0.1) is 0 Å². The van der Waals surface area contributed by atoms with E-state index in [9.17, 15) is 13.2 Å². The summed E-state index contributed by atoms with van der Waals surface area (Å²) in [6.45, 7) is 3.63. The van der Waals surface area contributed by atoms with E-state index in [-0.39, 0.29) is 17.7 Å². The highest BCUT2D eigenvalue weighted by Crippen LogP contribution is 2.48. The molecule has 1 N–H and O–H groups in total. The largest absolute Gasteiger partial charge is 0.481 e. The van der Waals surface area contributed by atoms with E-state index in [2.05, 4.69) is 6.92 Å². The summed E-state index contributed by atoms with van der Waals surface area (Å²) in [5.41, 5.74) is 0.201. The van der Waals surface area contributed by atoms with Crippen LogP contribution in [0.15, 0.2) is 0 Å². The van der Waals surface area contributed by atoms with E-state index in [0.717, 1.165) is 17.1 Å². The second kappa shape index (κ2) is 4.94. The monoisotopic (exact) mass is 263 g/mol. The molecule has 100 valence electrons. The molecule has 1 fully saturated rings. The zero-order valence-corrected chi connectivity index (χ0v) is 11.5. The van der Waals surface area contributed by atoms with Crippen LogP contribution in [0.1, 0.15) is 33.1 Å². The molecule has 0 aromatic heterocycles. The lowest BCUT2D eigenvalue weighted by atomic mass is 10.1. The number of nitrogens with zero attached hydrogens (tertiary/aromatic N) is 1. The molecular weight excluding hydrogens is 242 g/mol. The van der Waals surface area contributed by atoms with Crippen molar-refractivity contribution in [2.75, 3.05) is 19.3 Å². The van der Waals surface area contributed by atoms with E-state index in [1.54, 1.807) is 0 Å². The maximum absolute atomic E-state index is 11.9. The molecule has 6 heteroatoms. The van der Waals surface area contributed by atoms with Crippen molar-refractivity contribution < 1.29 is 18.3 Å². The second-order valence-electron chi connectivity index (χ2n) is 5.40. The lowest BCUT2D eigenvalue weighted by Crippen LogP contribution is -2.35. The Kier molecular flexibility index (Phi) is 4.19. The van der Waals surface area contributed by atoms with Crippen LogP contribution < -0.4 is 0 Å². The summed E-state index contributed by atoms with van der Waals surface area (Å²) in [6, 6.07) is 0. The van der Waals surface area contributed by atoms with E-state index in [1.165, 1.54) is 14.0 Å². The van der Waals surface area contributed by atoms with E-state index in [1.807, 2.05) is 0 Å². The van der Waals surface area contributed by atoms with Crippen LogP contribution >= 0.6 is 0 Å². The van der Waals surface area contributed by atoms with E-state index in [0.29, 0.717) is 6.42 Å². The van der Waals surface area contributed by atoms with Crippen molar-refractivity contribution in [1.82, 2.24) is 4.31 Å². The average Bonchev–Trinajstić information content (AvgIpc) is 2.94. The third-order valence-electron chi connectivity index (χ3n) is 3.49. The van der Waals surface area contributed by atoms with Gasteiger partial charge in [-0.3, -0.25) is 4.79 Å². The topological polar surface area (TPSA) is 74.7 Å². The molecule has 17 heavy (non-hydrogen) atoms. The molecule has 0 bridgehead atoms. The Hall–Kier alpha value is -0.620.